The third-order valence-electron chi connectivity index (χ3n) is 5.08. The maximum Gasteiger partial charge on any atom is 0.261 e. The van der Waals surface area contributed by atoms with Gasteiger partial charge in [-0.1, -0.05) is 17.7 Å². The Balaban J connectivity index is 1.60. The van der Waals surface area contributed by atoms with E-state index in [0.717, 1.165) is 22.5 Å². The fraction of sp³-hybridized carbons (Fsp3) is 0.130. The molecule has 1 amide bonds. The van der Waals surface area contributed by atoms with E-state index in [1.54, 1.807) is 34.9 Å². The number of anilines is 2. The van der Waals surface area contributed by atoms with Crippen LogP contribution in [0.15, 0.2) is 65.8 Å². The van der Waals surface area contributed by atoms with E-state index in [4.69, 9.17) is 11.6 Å². The summed E-state index contributed by atoms with van der Waals surface area (Å²) >= 11 is 6.21. The normalized spacial score (nSPS) is 11.5. The van der Waals surface area contributed by atoms with Crippen LogP contribution in [0.25, 0.3) is 5.65 Å². The van der Waals surface area contributed by atoms with E-state index in [1.807, 2.05) is 33.0 Å². The van der Waals surface area contributed by atoms with E-state index in [2.05, 4.69) is 15.0 Å². The summed E-state index contributed by atoms with van der Waals surface area (Å²) in [6.07, 6.45) is 3.56. The fourth-order valence-corrected chi connectivity index (χ4v) is 4.53. The van der Waals surface area contributed by atoms with Crippen LogP contribution in [0.4, 0.5) is 11.4 Å². The number of benzene rings is 2. The van der Waals surface area contributed by atoms with Gasteiger partial charge in [0.05, 0.1) is 26.9 Å². The number of nitrogens with zero attached hydrogens (tertiary/aromatic N) is 2. The van der Waals surface area contributed by atoms with E-state index in [0.29, 0.717) is 11.4 Å². The molecule has 0 unspecified atom stereocenters. The fourth-order valence-electron chi connectivity index (χ4n) is 3.26. The topological polar surface area (TPSA) is 92.6 Å². The first kappa shape index (κ1) is 21.9. The maximum absolute atomic E-state index is 12.9. The van der Waals surface area contributed by atoms with Crippen molar-refractivity contribution in [2.45, 2.75) is 25.7 Å². The number of aromatic nitrogens is 2. The van der Waals surface area contributed by atoms with E-state index < -0.39 is 15.9 Å². The van der Waals surface area contributed by atoms with Crippen molar-refractivity contribution in [3.8, 4) is 0 Å². The first-order valence-corrected chi connectivity index (χ1v) is 11.6. The Hall–Kier alpha value is -3.36. The van der Waals surface area contributed by atoms with Gasteiger partial charge in [-0.25, -0.2) is 13.4 Å². The molecule has 4 aromatic rings. The van der Waals surface area contributed by atoms with Gasteiger partial charge in [-0.05, 0) is 74.4 Å². The standard InChI is InChI=1S/C23H21ClN4O3S/c1-14-4-5-17(10-15(14)2)27-32(30,31)19-7-8-21(24)20(11-19)23(29)26-18-6-9-22-25-16(3)12-28(22)13-18/h4-13,27H,1-3H3,(H,26,29). The molecular weight excluding hydrogens is 448 g/mol. The highest BCUT2D eigenvalue weighted by Crippen LogP contribution is 2.24. The van der Waals surface area contributed by atoms with Gasteiger partial charge in [-0.3, -0.25) is 9.52 Å². The summed E-state index contributed by atoms with van der Waals surface area (Å²) in [6, 6.07) is 12.8. The van der Waals surface area contributed by atoms with Gasteiger partial charge < -0.3 is 9.72 Å². The van der Waals surface area contributed by atoms with E-state index in [1.165, 1.54) is 18.2 Å². The van der Waals surface area contributed by atoms with Gasteiger partial charge in [-0.15, -0.1) is 0 Å². The first-order chi connectivity index (χ1) is 15.1. The van der Waals surface area contributed by atoms with E-state index >= 15 is 0 Å². The van der Waals surface area contributed by atoms with Crippen LogP contribution in [-0.2, 0) is 10.0 Å². The highest BCUT2D eigenvalue weighted by molar-refractivity contribution is 7.92. The first-order valence-electron chi connectivity index (χ1n) is 9.79. The van der Waals surface area contributed by atoms with Crippen molar-refractivity contribution in [3.05, 3.63) is 88.3 Å². The largest absolute Gasteiger partial charge is 0.321 e. The molecule has 0 fully saturated rings. The van der Waals surface area contributed by atoms with Gasteiger partial charge in [0.1, 0.15) is 5.65 Å². The van der Waals surface area contributed by atoms with Crippen molar-refractivity contribution in [1.82, 2.24) is 9.38 Å². The van der Waals surface area contributed by atoms with Crippen LogP contribution in [0.5, 0.6) is 0 Å². The summed E-state index contributed by atoms with van der Waals surface area (Å²) in [6.45, 7) is 5.73. The number of sulfonamides is 1. The summed E-state index contributed by atoms with van der Waals surface area (Å²) < 4.78 is 30.1. The highest BCUT2D eigenvalue weighted by Gasteiger charge is 2.19. The number of aryl methyl sites for hydroxylation is 3. The molecule has 0 aliphatic carbocycles. The molecule has 2 heterocycles. The number of nitrogens with one attached hydrogen (secondary N) is 2. The number of hydrogen-bond acceptors (Lipinski definition) is 4. The molecule has 0 saturated carbocycles. The molecule has 164 valence electrons. The number of halogens is 1. The van der Waals surface area contributed by atoms with Gasteiger partial charge in [0, 0.05) is 18.1 Å². The number of rotatable bonds is 5. The van der Waals surface area contributed by atoms with E-state index in [9.17, 15) is 13.2 Å². The monoisotopic (exact) mass is 468 g/mol. The Kier molecular flexibility index (Phi) is 5.66. The van der Waals surface area contributed by atoms with Crippen molar-refractivity contribution in [2.24, 2.45) is 0 Å². The Morgan fingerprint density at radius 2 is 1.69 bits per heavy atom. The zero-order valence-electron chi connectivity index (χ0n) is 17.7. The zero-order chi connectivity index (χ0) is 23.0. The summed E-state index contributed by atoms with van der Waals surface area (Å²) in [5.41, 5.74) is 4.65. The average molecular weight is 469 g/mol. The lowest BCUT2D eigenvalue weighted by molar-refractivity contribution is 0.102. The molecule has 9 heteroatoms. The van der Waals surface area contributed by atoms with Gasteiger partial charge in [0.2, 0.25) is 0 Å². The summed E-state index contributed by atoms with van der Waals surface area (Å²) in [5, 5.41) is 2.90. The molecule has 0 bridgehead atoms. The number of fused-ring (bicyclic) bond motifs is 1. The highest BCUT2D eigenvalue weighted by atomic mass is 35.5. The summed E-state index contributed by atoms with van der Waals surface area (Å²) in [7, 11) is -3.92. The second-order valence-electron chi connectivity index (χ2n) is 7.57. The lowest BCUT2D eigenvalue weighted by atomic mass is 10.1. The second kappa shape index (κ2) is 8.29. The second-order valence-corrected chi connectivity index (χ2v) is 9.66. The minimum atomic E-state index is -3.92. The predicted molar refractivity (Wildman–Crippen MR) is 126 cm³/mol. The molecule has 0 aliphatic rings. The molecule has 32 heavy (non-hydrogen) atoms. The average Bonchev–Trinajstić information content (AvgIpc) is 3.10. The third kappa shape index (κ3) is 4.46. The van der Waals surface area contributed by atoms with Crippen molar-refractivity contribution in [2.75, 3.05) is 10.0 Å². The number of hydrogen-bond donors (Lipinski definition) is 2. The van der Waals surface area contributed by atoms with Gasteiger partial charge in [0.25, 0.3) is 15.9 Å². The van der Waals surface area contributed by atoms with Crippen LogP contribution < -0.4 is 10.0 Å². The lowest BCUT2D eigenvalue weighted by Gasteiger charge is -2.12. The van der Waals surface area contributed by atoms with Gasteiger partial charge >= 0.3 is 0 Å². The lowest BCUT2D eigenvalue weighted by Crippen LogP contribution is -2.16. The molecule has 0 radical (unpaired) electrons. The number of carbonyl (C=O) groups excluding carboxylic acids is 1. The minimum Gasteiger partial charge on any atom is -0.321 e. The van der Waals surface area contributed by atoms with Crippen molar-refractivity contribution in [1.29, 1.82) is 0 Å². The molecule has 2 aromatic heterocycles. The molecule has 2 N–H and O–H groups in total. The summed E-state index contributed by atoms with van der Waals surface area (Å²) in [5.74, 6) is -0.519. The number of pyridine rings is 1. The molecule has 7 nitrogen and oxygen atoms in total. The molecule has 0 spiro atoms. The molecule has 0 atom stereocenters. The van der Waals surface area contributed by atoms with Crippen LogP contribution in [-0.4, -0.2) is 23.7 Å². The number of imidazole rings is 1. The molecule has 0 aliphatic heterocycles. The maximum atomic E-state index is 12.9. The third-order valence-corrected chi connectivity index (χ3v) is 6.79. The van der Waals surface area contributed by atoms with Crippen molar-refractivity contribution < 1.29 is 13.2 Å². The van der Waals surface area contributed by atoms with E-state index in [-0.39, 0.29) is 15.5 Å². The van der Waals surface area contributed by atoms with Crippen LogP contribution in [0.1, 0.15) is 27.2 Å². The smallest absolute Gasteiger partial charge is 0.261 e. The van der Waals surface area contributed by atoms with Crippen LogP contribution in [0.2, 0.25) is 5.02 Å². The zero-order valence-corrected chi connectivity index (χ0v) is 19.3. The van der Waals surface area contributed by atoms with Gasteiger partial charge in [-0.2, -0.15) is 0 Å². The SMILES string of the molecule is Cc1cn2cc(NC(=O)c3cc(S(=O)(=O)Nc4ccc(C)c(C)c4)ccc3Cl)ccc2n1. The molecular formula is C23H21ClN4O3S. The Bertz CT molecular complexity index is 1460. The quantitative estimate of drug-likeness (QED) is 0.432. The number of amides is 1. The van der Waals surface area contributed by atoms with Crippen LogP contribution in [0.3, 0.4) is 0 Å². The predicted octanol–water partition coefficient (Wildman–Crippen LogP) is 4.97. The number of carbonyl (C=O) groups is 1. The van der Waals surface area contributed by atoms with Crippen molar-refractivity contribution in [3.63, 3.8) is 0 Å². The van der Waals surface area contributed by atoms with Crippen LogP contribution >= 0.6 is 11.6 Å². The van der Waals surface area contributed by atoms with Gasteiger partial charge in [0.15, 0.2) is 0 Å². The van der Waals surface area contributed by atoms with Crippen LogP contribution in [0, 0.1) is 20.8 Å². The van der Waals surface area contributed by atoms with Crippen molar-refractivity contribution >= 4 is 44.6 Å². The molecule has 2 aromatic carbocycles. The minimum absolute atomic E-state index is 0.0523. The molecule has 4 rings (SSSR count). The Morgan fingerprint density at radius 1 is 0.938 bits per heavy atom. The Labute approximate surface area is 191 Å². The summed E-state index contributed by atoms with van der Waals surface area (Å²) in [4.78, 5) is 17.1. The Morgan fingerprint density at radius 3 is 2.44 bits per heavy atom. The molecule has 0 saturated heterocycles.